The fourth-order valence-corrected chi connectivity index (χ4v) is 2.87. The lowest BCUT2D eigenvalue weighted by molar-refractivity contribution is 1.18. The van der Waals surface area contributed by atoms with Crippen LogP contribution in [-0.4, -0.2) is 4.98 Å². The standard InChI is InChI=1S/C11H9Cl2NS/c1-7-11(15-10(6-12)14-7)8-4-2-3-5-9(8)13/h2-5H,6H2,1H3. The molecule has 0 aliphatic rings. The van der Waals surface area contributed by atoms with Crippen LogP contribution in [0.3, 0.4) is 0 Å². The molecule has 4 heteroatoms. The van der Waals surface area contributed by atoms with Crippen molar-refractivity contribution in [1.82, 2.24) is 4.98 Å². The van der Waals surface area contributed by atoms with Crippen molar-refractivity contribution in [2.45, 2.75) is 12.8 Å². The third-order valence-corrected chi connectivity index (χ3v) is 4.01. The van der Waals surface area contributed by atoms with E-state index in [0.717, 1.165) is 26.2 Å². The van der Waals surface area contributed by atoms with E-state index >= 15 is 0 Å². The highest BCUT2D eigenvalue weighted by Gasteiger charge is 2.11. The van der Waals surface area contributed by atoms with Gasteiger partial charge in [-0.1, -0.05) is 29.8 Å². The number of rotatable bonds is 2. The summed E-state index contributed by atoms with van der Waals surface area (Å²) >= 11 is 13.5. The van der Waals surface area contributed by atoms with Gasteiger partial charge in [0.2, 0.25) is 0 Å². The molecule has 1 heterocycles. The molecule has 78 valence electrons. The summed E-state index contributed by atoms with van der Waals surface area (Å²) in [5.41, 5.74) is 2.02. The number of nitrogens with zero attached hydrogens (tertiary/aromatic N) is 1. The van der Waals surface area contributed by atoms with Crippen LogP contribution in [0.25, 0.3) is 10.4 Å². The van der Waals surface area contributed by atoms with Gasteiger partial charge in [-0.15, -0.1) is 22.9 Å². The maximum atomic E-state index is 6.13. The molecule has 0 amide bonds. The molecule has 0 aliphatic carbocycles. The second-order valence-corrected chi connectivity index (χ2v) is 4.89. The maximum absolute atomic E-state index is 6.13. The number of halogens is 2. The van der Waals surface area contributed by atoms with E-state index in [1.54, 1.807) is 11.3 Å². The van der Waals surface area contributed by atoms with E-state index in [1.807, 2.05) is 31.2 Å². The van der Waals surface area contributed by atoms with Gasteiger partial charge in [0, 0.05) is 10.6 Å². The van der Waals surface area contributed by atoms with Crippen LogP contribution >= 0.6 is 34.5 Å². The van der Waals surface area contributed by atoms with Gasteiger partial charge in [-0.25, -0.2) is 4.98 Å². The first-order chi connectivity index (χ1) is 7.22. The first kappa shape index (κ1) is 10.9. The normalized spacial score (nSPS) is 10.6. The van der Waals surface area contributed by atoms with E-state index < -0.39 is 0 Å². The van der Waals surface area contributed by atoms with Crippen LogP contribution in [0, 0.1) is 6.92 Å². The quantitative estimate of drug-likeness (QED) is 0.722. The van der Waals surface area contributed by atoms with Crippen molar-refractivity contribution in [1.29, 1.82) is 0 Å². The van der Waals surface area contributed by atoms with E-state index in [1.165, 1.54) is 0 Å². The van der Waals surface area contributed by atoms with Gasteiger partial charge in [0.05, 0.1) is 16.5 Å². The van der Waals surface area contributed by atoms with Crippen LogP contribution in [-0.2, 0) is 5.88 Å². The Hall–Kier alpha value is -0.570. The molecule has 0 atom stereocenters. The molecule has 0 saturated carbocycles. The highest BCUT2D eigenvalue weighted by molar-refractivity contribution is 7.15. The van der Waals surface area contributed by atoms with E-state index in [0.29, 0.717) is 5.88 Å². The third kappa shape index (κ3) is 2.17. The Morgan fingerprint density at radius 2 is 2.07 bits per heavy atom. The summed E-state index contributed by atoms with van der Waals surface area (Å²) < 4.78 is 0. The molecule has 1 aromatic heterocycles. The average Bonchev–Trinajstić information content (AvgIpc) is 2.60. The molecule has 2 aromatic rings. The first-order valence-corrected chi connectivity index (χ1v) is 6.22. The molecule has 15 heavy (non-hydrogen) atoms. The molecule has 1 nitrogen and oxygen atoms in total. The summed E-state index contributed by atoms with van der Waals surface area (Å²) in [6.45, 7) is 1.98. The molecule has 0 saturated heterocycles. The third-order valence-electron chi connectivity index (χ3n) is 2.07. The van der Waals surface area contributed by atoms with Gasteiger partial charge in [-0.05, 0) is 13.0 Å². The minimum absolute atomic E-state index is 0.454. The largest absolute Gasteiger partial charge is 0.245 e. The first-order valence-electron chi connectivity index (χ1n) is 4.49. The van der Waals surface area contributed by atoms with Crippen LogP contribution in [0.1, 0.15) is 10.7 Å². The number of aromatic nitrogens is 1. The summed E-state index contributed by atoms with van der Waals surface area (Å²) in [5, 5.41) is 1.69. The second kappa shape index (κ2) is 4.52. The molecule has 0 bridgehead atoms. The van der Waals surface area contributed by atoms with Crippen molar-refractivity contribution >= 4 is 34.5 Å². The van der Waals surface area contributed by atoms with Gasteiger partial charge in [-0.2, -0.15) is 0 Å². The molecule has 0 spiro atoms. The van der Waals surface area contributed by atoms with Crippen LogP contribution in [0.5, 0.6) is 0 Å². The maximum Gasteiger partial charge on any atom is 0.108 e. The molecule has 0 aliphatic heterocycles. The summed E-state index contributed by atoms with van der Waals surface area (Å²) in [6, 6.07) is 7.78. The Morgan fingerprint density at radius 3 is 2.67 bits per heavy atom. The topological polar surface area (TPSA) is 12.9 Å². The fourth-order valence-electron chi connectivity index (χ4n) is 1.40. The zero-order valence-electron chi connectivity index (χ0n) is 8.13. The van der Waals surface area contributed by atoms with Crippen LogP contribution in [0.2, 0.25) is 5.02 Å². The fraction of sp³-hybridized carbons (Fsp3) is 0.182. The molecule has 2 rings (SSSR count). The number of thiazole rings is 1. The van der Waals surface area contributed by atoms with E-state index in [-0.39, 0.29) is 0 Å². The number of hydrogen-bond donors (Lipinski definition) is 0. The molecule has 0 radical (unpaired) electrons. The Balaban J connectivity index is 2.54. The van der Waals surface area contributed by atoms with Crippen molar-refractivity contribution in [3.63, 3.8) is 0 Å². The van der Waals surface area contributed by atoms with Gasteiger partial charge < -0.3 is 0 Å². The van der Waals surface area contributed by atoms with Crippen molar-refractivity contribution in [3.05, 3.63) is 40.0 Å². The molecular weight excluding hydrogens is 249 g/mol. The summed E-state index contributed by atoms with van der Waals surface area (Å²) in [4.78, 5) is 5.48. The van der Waals surface area contributed by atoms with Crippen molar-refractivity contribution in [2.75, 3.05) is 0 Å². The number of benzene rings is 1. The Labute approximate surface area is 103 Å². The van der Waals surface area contributed by atoms with Gasteiger partial charge in [0.15, 0.2) is 0 Å². The molecule has 0 fully saturated rings. The minimum Gasteiger partial charge on any atom is -0.245 e. The lowest BCUT2D eigenvalue weighted by Crippen LogP contribution is -1.79. The van der Waals surface area contributed by atoms with E-state index in [9.17, 15) is 0 Å². The zero-order chi connectivity index (χ0) is 10.8. The summed E-state index contributed by atoms with van der Waals surface area (Å²) in [5.74, 6) is 0.454. The molecular formula is C11H9Cl2NS. The van der Waals surface area contributed by atoms with Crippen molar-refractivity contribution < 1.29 is 0 Å². The van der Waals surface area contributed by atoms with Crippen LogP contribution in [0.4, 0.5) is 0 Å². The zero-order valence-corrected chi connectivity index (χ0v) is 10.5. The molecule has 1 aromatic carbocycles. The summed E-state index contributed by atoms with van der Waals surface area (Å²) in [7, 11) is 0. The molecule has 0 unspecified atom stereocenters. The highest BCUT2D eigenvalue weighted by Crippen LogP contribution is 2.34. The number of aryl methyl sites for hydroxylation is 1. The van der Waals surface area contributed by atoms with Gasteiger partial charge in [0.25, 0.3) is 0 Å². The number of alkyl halides is 1. The number of hydrogen-bond acceptors (Lipinski definition) is 2. The second-order valence-electron chi connectivity index (χ2n) is 3.14. The SMILES string of the molecule is Cc1nc(CCl)sc1-c1ccccc1Cl. The Kier molecular flexibility index (Phi) is 3.29. The van der Waals surface area contributed by atoms with Gasteiger partial charge >= 0.3 is 0 Å². The Morgan fingerprint density at radius 1 is 1.33 bits per heavy atom. The van der Waals surface area contributed by atoms with Gasteiger partial charge in [-0.3, -0.25) is 0 Å². The monoisotopic (exact) mass is 257 g/mol. The van der Waals surface area contributed by atoms with Crippen molar-refractivity contribution in [3.8, 4) is 10.4 Å². The predicted molar refractivity (Wildman–Crippen MR) is 66.9 cm³/mol. The smallest absolute Gasteiger partial charge is 0.108 e. The average molecular weight is 258 g/mol. The van der Waals surface area contributed by atoms with Gasteiger partial charge in [0.1, 0.15) is 5.01 Å². The predicted octanol–water partition coefficient (Wildman–Crippen LogP) is 4.51. The lowest BCUT2D eigenvalue weighted by Gasteiger charge is -2.00. The highest BCUT2D eigenvalue weighted by atomic mass is 35.5. The Bertz CT molecular complexity index is 479. The lowest BCUT2D eigenvalue weighted by atomic mass is 10.2. The summed E-state index contributed by atoms with van der Waals surface area (Å²) in [6.07, 6.45) is 0. The minimum atomic E-state index is 0.454. The van der Waals surface area contributed by atoms with E-state index in [2.05, 4.69) is 4.98 Å². The van der Waals surface area contributed by atoms with Crippen LogP contribution < -0.4 is 0 Å². The van der Waals surface area contributed by atoms with Crippen molar-refractivity contribution in [2.24, 2.45) is 0 Å². The van der Waals surface area contributed by atoms with E-state index in [4.69, 9.17) is 23.2 Å². The van der Waals surface area contributed by atoms with Crippen LogP contribution in [0.15, 0.2) is 24.3 Å². The molecule has 0 N–H and O–H groups in total.